The van der Waals surface area contributed by atoms with Crippen LogP contribution >= 0.6 is 28.3 Å². The third kappa shape index (κ3) is 3.74. The molecule has 3 nitrogen and oxygen atoms in total. The van der Waals surface area contributed by atoms with Gasteiger partial charge in [-0.1, -0.05) is 0 Å². The van der Waals surface area contributed by atoms with Gasteiger partial charge in [0, 0.05) is 19.3 Å². The van der Waals surface area contributed by atoms with Gasteiger partial charge in [-0.15, -0.1) is 12.4 Å². The molecule has 1 aromatic heterocycles. The molecule has 1 heterocycles. The normalized spacial score (nSPS) is 9.27. The van der Waals surface area contributed by atoms with E-state index in [1.165, 1.54) is 0 Å². The number of rotatable bonds is 3. The lowest BCUT2D eigenvalue weighted by Gasteiger charge is -1.96. The minimum atomic E-state index is 0. The standard InChI is InChI=1S/C6H9BrN2O.ClH/c7-6-4-9(5-8-6)2-1-3-10;/h4-5,10H,1-3H2;1H. The Labute approximate surface area is 80.0 Å². The third-order valence-electron chi connectivity index (χ3n) is 1.18. The molecule has 0 aromatic carbocycles. The minimum Gasteiger partial charge on any atom is -0.396 e. The Kier molecular flexibility index (Phi) is 5.54. The van der Waals surface area contributed by atoms with Crippen LogP contribution in [0, 0.1) is 0 Å². The van der Waals surface area contributed by atoms with Gasteiger partial charge in [-0.3, -0.25) is 0 Å². The van der Waals surface area contributed by atoms with E-state index in [0.29, 0.717) is 0 Å². The van der Waals surface area contributed by atoms with E-state index >= 15 is 0 Å². The average molecular weight is 242 g/mol. The van der Waals surface area contributed by atoms with Crippen LogP contribution in [-0.2, 0) is 6.54 Å². The topological polar surface area (TPSA) is 38.0 Å². The molecular weight excluding hydrogens is 231 g/mol. The highest BCUT2D eigenvalue weighted by atomic mass is 79.9. The van der Waals surface area contributed by atoms with Crippen LogP contribution in [0.1, 0.15) is 6.42 Å². The second-order valence-corrected chi connectivity index (χ2v) is 2.82. The summed E-state index contributed by atoms with van der Waals surface area (Å²) in [5.74, 6) is 0. The van der Waals surface area contributed by atoms with Crippen molar-refractivity contribution in [1.29, 1.82) is 0 Å². The number of imidazole rings is 1. The Morgan fingerprint density at radius 3 is 2.82 bits per heavy atom. The molecule has 0 aliphatic heterocycles. The molecule has 1 rings (SSSR count). The molecule has 0 fully saturated rings. The Hall–Kier alpha value is -0.0600. The van der Waals surface area contributed by atoms with Crippen molar-refractivity contribution in [3.05, 3.63) is 17.1 Å². The van der Waals surface area contributed by atoms with Crippen LogP contribution in [0.5, 0.6) is 0 Å². The van der Waals surface area contributed by atoms with Gasteiger partial charge in [-0.2, -0.15) is 0 Å². The maximum Gasteiger partial charge on any atom is 0.124 e. The lowest BCUT2D eigenvalue weighted by molar-refractivity contribution is 0.280. The molecule has 0 spiro atoms. The van der Waals surface area contributed by atoms with Crippen molar-refractivity contribution in [2.45, 2.75) is 13.0 Å². The summed E-state index contributed by atoms with van der Waals surface area (Å²) in [4.78, 5) is 3.97. The van der Waals surface area contributed by atoms with E-state index in [2.05, 4.69) is 20.9 Å². The highest BCUT2D eigenvalue weighted by Crippen LogP contribution is 2.04. The number of halogens is 2. The summed E-state index contributed by atoms with van der Waals surface area (Å²) in [5.41, 5.74) is 0. The Morgan fingerprint density at radius 2 is 2.36 bits per heavy atom. The maximum absolute atomic E-state index is 8.49. The van der Waals surface area contributed by atoms with Crippen molar-refractivity contribution in [2.75, 3.05) is 6.61 Å². The maximum atomic E-state index is 8.49. The molecule has 0 saturated heterocycles. The van der Waals surface area contributed by atoms with E-state index in [0.717, 1.165) is 17.6 Å². The molecule has 64 valence electrons. The predicted octanol–water partition coefficient (Wildman–Crippen LogP) is 1.45. The van der Waals surface area contributed by atoms with Crippen LogP contribution in [-0.4, -0.2) is 21.3 Å². The van der Waals surface area contributed by atoms with Crippen molar-refractivity contribution < 1.29 is 5.11 Å². The number of hydrogen-bond donors (Lipinski definition) is 1. The molecule has 0 amide bonds. The number of aromatic nitrogens is 2. The van der Waals surface area contributed by atoms with E-state index in [1.54, 1.807) is 6.33 Å². The predicted molar refractivity (Wildman–Crippen MR) is 48.9 cm³/mol. The summed E-state index contributed by atoms with van der Waals surface area (Å²) in [7, 11) is 0. The van der Waals surface area contributed by atoms with Crippen LogP contribution in [0.15, 0.2) is 17.1 Å². The highest BCUT2D eigenvalue weighted by molar-refractivity contribution is 9.10. The Bertz CT molecular complexity index is 204. The molecule has 0 saturated carbocycles. The van der Waals surface area contributed by atoms with Gasteiger partial charge in [-0.05, 0) is 22.4 Å². The zero-order chi connectivity index (χ0) is 7.40. The molecule has 1 aromatic rings. The fourth-order valence-corrected chi connectivity index (χ4v) is 1.06. The van der Waals surface area contributed by atoms with Gasteiger partial charge in [0.2, 0.25) is 0 Å². The molecule has 5 heteroatoms. The van der Waals surface area contributed by atoms with Gasteiger partial charge in [0.1, 0.15) is 4.60 Å². The summed E-state index contributed by atoms with van der Waals surface area (Å²) in [5, 5.41) is 8.49. The van der Waals surface area contributed by atoms with Crippen molar-refractivity contribution in [3.8, 4) is 0 Å². The SMILES string of the molecule is Cl.OCCCn1cnc(Br)c1. The molecule has 0 atom stereocenters. The largest absolute Gasteiger partial charge is 0.396 e. The van der Waals surface area contributed by atoms with E-state index in [-0.39, 0.29) is 19.0 Å². The first-order chi connectivity index (χ1) is 4.83. The van der Waals surface area contributed by atoms with Gasteiger partial charge >= 0.3 is 0 Å². The first-order valence-electron chi connectivity index (χ1n) is 3.11. The van der Waals surface area contributed by atoms with Crippen LogP contribution in [0.3, 0.4) is 0 Å². The first kappa shape index (κ1) is 10.9. The van der Waals surface area contributed by atoms with Crippen LogP contribution in [0.2, 0.25) is 0 Å². The van der Waals surface area contributed by atoms with Crippen molar-refractivity contribution in [2.24, 2.45) is 0 Å². The van der Waals surface area contributed by atoms with Gasteiger partial charge in [0.15, 0.2) is 0 Å². The van der Waals surface area contributed by atoms with Gasteiger partial charge < -0.3 is 9.67 Å². The quantitative estimate of drug-likeness (QED) is 0.870. The number of aliphatic hydroxyl groups is 1. The summed E-state index contributed by atoms with van der Waals surface area (Å²) in [6.45, 7) is 1.06. The number of hydrogen-bond acceptors (Lipinski definition) is 2. The molecule has 11 heavy (non-hydrogen) atoms. The molecule has 0 aliphatic rings. The molecule has 0 unspecified atom stereocenters. The zero-order valence-corrected chi connectivity index (χ0v) is 8.31. The van der Waals surface area contributed by atoms with Crippen molar-refractivity contribution >= 4 is 28.3 Å². The first-order valence-corrected chi connectivity index (χ1v) is 3.90. The van der Waals surface area contributed by atoms with Gasteiger partial charge in [0.25, 0.3) is 0 Å². The van der Waals surface area contributed by atoms with E-state index in [9.17, 15) is 0 Å². The lowest BCUT2D eigenvalue weighted by atomic mass is 10.4. The molecule has 1 N–H and O–H groups in total. The summed E-state index contributed by atoms with van der Waals surface area (Å²) < 4.78 is 2.77. The molecule has 0 radical (unpaired) electrons. The van der Waals surface area contributed by atoms with E-state index < -0.39 is 0 Å². The fraction of sp³-hybridized carbons (Fsp3) is 0.500. The van der Waals surface area contributed by atoms with Crippen molar-refractivity contribution in [3.63, 3.8) is 0 Å². The summed E-state index contributed by atoms with van der Waals surface area (Å²) in [6, 6.07) is 0. The van der Waals surface area contributed by atoms with Crippen LogP contribution in [0.25, 0.3) is 0 Å². The Balaban J connectivity index is 0.000001000. The number of nitrogens with zero attached hydrogens (tertiary/aromatic N) is 2. The summed E-state index contributed by atoms with van der Waals surface area (Å²) >= 11 is 3.23. The molecule has 0 aliphatic carbocycles. The smallest absolute Gasteiger partial charge is 0.124 e. The number of aryl methyl sites for hydroxylation is 1. The number of aliphatic hydroxyl groups excluding tert-OH is 1. The van der Waals surface area contributed by atoms with Gasteiger partial charge in [0.05, 0.1) is 6.33 Å². The second kappa shape index (κ2) is 5.57. The average Bonchev–Trinajstić information content (AvgIpc) is 2.31. The monoisotopic (exact) mass is 240 g/mol. The van der Waals surface area contributed by atoms with Crippen LogP contribution < -0.4 is 0 Å². The second-order valence-electron chi connectivity index (χ2n) is 2.01. The zero-order valence-electron chi connectivity index (χ0n) is 5.90. The Morgan fingerprint density at radius 1 is 1.64 bits per heavy atom. The minimum absolute atomic E-state index is 0. The van der Waals surface area contributed by atoms with E-state index in [1.807, 2.05) is 10.8 Å². The van der Waals surface area contributed by atoms with Gasteiger partial charge in [-0.25, -0.2) is 4.98 Å². The van der Waals surface area contributed by atoms with E-state index in [4.69, 9.17) is 5.11 Å². The fourth-order valence-electron chi connectivity index (χ4n) is 0.708. The van der Waals surface area contributed by atoms with Crippen LogP contribution in [0.4, 0.5) is 0 Å². The highest BCUT2D eigenvalue weighted by Gasteiger charge is 1.92. The molecular formula is C6H10BrClN2O. The van der Waals surface area contributed by atoms with Crippen molar-refractivity contribution in [1.82, 2.24) is 9.55 Å². The summed E-state index contributed by atoms with van der Waals surface area (Å²) in [6.07, 6.45) is 4.40. The molecule has 0 bridgehead atoms. The lowest BCUT2D eigenvalue weighted by Crippen LogP contribution is -1.96. The third-order valence-corrected chi connectivity index (χ3v) is 1.59.